The molecule has 0 saturated heterocycles. The standard InChI is InChI=1S/C11H14O/c1-4-7-12-11-6-5-10(8-11)9(2)3/h1,8,11H,2,5-7H2,3H3/t11-/m1/s1. The normalized spacial score (nSPS) is 21.7. The van der Waals surface area contributed by atoms with Crippen molar-refractivity contribution in [1.82, 2.24) is 0 Å². The van der Waals surface area contributed by atoms with Crippen molar-refractivity contribution in [2.45, 2.75) is 25.9 Å². The van der Waals surface area contributed by atoms with Crippen molar-refractivity contribution >= 4 is 0 Å². The van der Waals surface area contributed by atoms with Crippen molar-refractivity contribution in [3.05, 3.63) is 23.8 Å². The van der Waals surface area contributed by atoms with Crippen LogP contribution < -0.4 is 0 Å². The number of terminal acetylenes is 1. The lowest BCUT2D eigenvalue weighted by Gasteiger charge is -2.04. The Labute approximate surface area is 74.1 Å². The van der Waals surface area contributed by atoms with Crippen molar-refractivity contribution in [2.24, 2.45) is 0 Å². The molecule has 0 aromatic heterocycles. The van der Waals surface area contributed by atoms with Gasteiger partial charge in [0.1, 0.15) is 6.61 Å². The van der Waals surface area contributed by atoms with E-state index < -0.39 is 0 Å². The van der Waals surface area contributed by atoms with Crippen LogP contribution in [0.2, 0.25) is 0 Å². The van der Waals surface area contributed by atoms with Gasteiger partial charge in [0.05, 0.1) is 6.10 Å². The van der Waals surface area contributed by atoms with Gasteiger partial charge in [0.15, 0.2) is 0 Å². The van der Waals surface area contributed by atoms with Crippen molar-refractivity contribution in [2.75, 3.05) is 6.61 Å². The molecule has 0 spiro atoms. The average molecular weight is 162 g/mol. The van der Waals surface area contributed by atoms with E-state index in [1.54, 1.807) is 0 Å². The predicted molar refractivity (Wildman–Crippen MR) is 50.7 cm³/mol. The fourth-order valence-electron chi connectivity index (χ4n) is 1.33. The van der Waals surface area contributed by atoms with Crippen LogP contribution in [0.3, 0.4) is 0 Å². The van der Waals surface area contributed by atoms with Gasteiger partial charge in [-0.2, -0.15) is 0 Å². The van der Waals surface area contributed by atoms with Crippen LogP contribution in [-0.4, -0.2) is 12.7 Å². The molecule has 0 unspecified atom stereocenters. The summed E-state index contributed by atoms with van der Waals surface area (Å²) in [6.45, 7) is 6.32. The first-order valence-electron chi connectivity index (χ1n) is 4.15. The Hall–Kier alpha value is -1.00. The first kappa shape index (κ1) is 9.09. The monoisotopic (exact) mass is 162 g/mol. The molecule has 1 aliphatic carbocycles. The summed E-state index contributed by atoms with van der Waals surface area (Å²) in [5.41, 5.74) is 2.46. The zero-order chi connectivity index (χ0) is 8.97. The second-order valence-corrected chi connectivity index (χ2v) is 3.06. The van der Waals surface area contributed by atoms with Crippen LogP contribution in [0.15, 0.2) is 23.8 Å². The van der Waals surface area contributed by atoms with Crippen LogP contribution >= 0.6 is 0 Å². The summed E-state index contributed by atoms with van der Waals surface area (Å²) in [6.07, 6.45) is 9.55. The smallest absolute Gasteiger partial charge is 0.108 e. The molecule has 0 bridgehead atoms. The second-order valence-electron chi connectivity index (χ2n) is 3.06. The van der Waals surface area contributed by atoms with Gasteiger partial charge in [-0.15, -0.1) is 6.42 Å². The van der Waals surface area contributed by atoms with E-state index in [2.05, 4.69) is 18.6 Å². The summed E-state index contributed by atoms with van der Waals surface area (Å²) in [5, 5.41) is 0. The Morgan fingerprint density at radius 2 is 2.67 bits per heavy atom. The number of rotatable bonds is 3. The minimum atomic E-state index is 0.216. The Morgan fingerprint density at radius 1 is 1.92 bits per heavy atom. The van der Waals surface area contributed by atoms with E-state index in [4.69, 9.17) is 11.2 Å². The number of hydrogen-bond acceptors (Lipinski definition) is 1. The van der Waals surface area contributed by atoms with Crippen molar-refractivity contribution in [1.29, 1.82) is 0 Å². The van der Waals surface area contributed by atoms with Crippen molar-refractivity contribution in [3.63, 3.8) is 0 Å². The lowest BCUT2D eigenvalue weighted by molar-refractivity contribution is 0.113. The third kappa shape index (κ3) is 2.25. The summed E-state index contributed by atoms with van der Waals surface area (Å²) >= 11 is 0. The molecule has 0 aliphatic heterocycles. The van der Waals surface area contributed by atoms with Gasteiger partial charge in [-0.1, -0.05) is 24.1 Å². The maximum Gasteiger partial charge on any atom is 0.108 e. The molecular weight excluding hydrogens is 148 g/mol. The van der Waals surface area contributed by atoms with E-state index in [0.29, 0.717) is 6.61 Å². The van der Waals surface area contributed by atoms with Gasteiger partial charge in [-0.05, 0) is 25.3 Å². The van der Waals surface area contributed by atoms with Crippen LogP contribution in [0.5, 0.6) is 0 Å². The molecule has 1 aliphatic rings. The molecule has 0 amide bonds. The maximum absolute atomic E-state index is 5.38. The summed E-state index contributed by atoms with van der Waals surface area (Å²) in [7, 11) is 0. The van der Waals surface area contributed by atoms with Gasteiger partial charge in [-0.3, -0.25) is 0 Å². The van der Waals surface area contributed by atoms with E-state index >= 15 is 0 Å². The Kier molecular flexibility index (Phi) is 3.13. The highest BCUT2D eigenvalue weighted by atomic mass is 16.5. The fourth-order valence-corrected chi connectivity index (χ4v) is 1.33. The predicted octanol–water partition coefficient (Wildman–Crippen LogP) is 2.30. The van der Waals surface area contributed by atoms with E-state index in [0.717, 1.165) is 18.4 Å². The van der Waals surface area contributed by atoms with Crippen LogP contribution in [0.4, 0.5) is 0 Å². The molecule has 0 radical (unpaired) electrons. The first-order chi connectivity index (χ1) is 5.74. The highest BCUT2D eigenvalue weighted by molar-refractivity contribution is 5.30. The Bertz CT molecular complexity index is 242. The fraction of sp³-hybridized carbons (Fsp3) is 0.455. The van der Waals surface area contributed by atoms with Crippen LogP contribution in [-0.2, 0) is 4.74 Å². The lowest BCUT2D eigenvalue weighted by atomic mass is 10.1. The zero-order valence-corrected chi connectivity index (χ0v) is 7.47. The van der Waals surface area contributed by atoms with Gasteiger partial charge in [0, 0.05) is 0 Å². The third-order valence-corrected chi connectivity index (χ3v) is 2.01. The lowest BCUT2D eigenvalue weighted by Crippen LogP contribution is -2.05. The number of hydrogen-bond donors (Lipinski definition) is 0. The van der Waals surface area contributed by atoms with Gasteiger partial charge >= 0.3 is 0 Å². The highest BCUT2D eigenvalue weighted by Crippen LogP contribution is 2.25. The molecule has 64 valence electrons. The van der Waals surface area contributed by atoms with E-state index in [1.807, 2.05) is 6.92 Å². The minimum Gasteiger partial charge on any atom is -0.361 e. The summed E-state index contributed by atoms with van der Waals surface area (Å²) in [4.78, 5) is 0. The van der Waals surface area contributed by atoms with Gasteiger partial charge in [0.2, 0.25) is 0 Å². The molecule has 0 saturated carbocycles. The Balaban J connectivity index is 2.43. The summed E-state index contributed by atoms with van der Waals surface area (Å²) in [6, 6.07) is 0. The van der Waals surface area contributed by atoms with Gasteiger partial charge < -0.3 is 4.74 Å². The number of ether oxygens (including phenoxy) is 1. The summed E-state index contributed by atoms with van der Waals surface area (Å²) in [5.74, 6) is 2.46. The summed E-state index contributed by atoms with van der Waals surface area (Å²) < 4.78 is 5.38. The molecule has 1 atom stereocenters. The first-order valence-corrected chi connectivity index (χ1v) is 4.15. The molecule has 0 heterocycles. The van der Waals surface area contributed by atoms with E-state index in [-0.39, 0.29) is 6.10 Å². The topological polar surface area (TPSA) is 9.23 Å². The molecular formula is C11H14O. The second kappa shape index (κ2) is 4.13. The average Bonchev–Trinajstić information content (AvgIpc) is 2.48. The van der Waals surface area contributed by atoms with Crippen molar-refractivity contribution in [3.8, 4) is 12.3 Å². The minimum absolute atomic E-state index is 0.216. The molecule has 0 N–H and O–H groups in total. The maximum atomic E-state index is 5.38. The van der Waals surface area contributed by atoms with Crippen LogP contribution in [0.1, 0.15) is 19.8 Å². The third-order valence-electron chi connectivity index (χ3n) is 2.01. The van der Waals surface area contributed by atoms with Crippen LogP contribution in [0.25, 0.3) is 0 Å². The van der Waals surface area contributed by atoms with E-state index in [9.17, 15) is 0 Å². The van der Waals surface area contributed by atoms with Gasteiger partial charge in [-0.25, -0.2) is 0 Å². The molecule has 0 aromatic carbocycles. The molecule has 0 fully saturated rings. The largest absolute Gasteiger partial charge is 0.361 e. The molecule has 1 heteroatoms. The molecule has 1 rings (SSSR count). The quantitative estimate of drug-likeness (QED) is 0.578. The molecule has 12 heavy (non-hydrogen) atoms. The molecule has 0 aromatic rings. The van der Waals surface area contributed by atoms with Gasteiger partial charge in [0.25, 0.3) is 0 Å². The van der Waals surface area contributed by atoms with E-state index in [1.165, 1.54) is 5.57 Å². The van der Waals surface area contributed by atoms with Crippen LogP contribution in [0, 0.1) is 12.3 Å². The number of allylic oxidation sites excluding steroid dienone is 2. The highest BCUT2D eigenvalue weighted by Gasteiger charge is 2.15. The zero-order valence-electron chi connectivity index (χ0n) is 7.47. The Morgan fingerprint density at radius 3 is 3.17 bits per heavy atom. The SMILES string of the molecule is C#CCO[C@H]1C=C(C(=C)C)CC1. The van der Waals surface area contributed by atoms with Crippen molar-refractivity contribution < 1.29 is 4.74 Å². The molecule has 1 nitrogen and oxygen atoms in total.